The zero-order chi connectivity index (χ0) is 15.3. The first-order valence-electron chi connectivity index (χ1n) is 9.03. The van der Waals surface area contributed by atoms with Crippen LogP contribution in [0, 0.1) is 35.5 Å². The van der Waals surface area contributed by atoms with Crippen LogP contribution in [0.2, 0.25) is 0 Å². The molecule has 0 saturated heterocycles. The van der Waals surface area contributed by atoms with Gasteiger partial charge in [0.15, 0.2) is 0 Å². The molecule has 20 heavy (non-hydrogen) atoms. The van der Waals surface area contributed by atoms with Gasteiger partial charge in [0.05, 0.1) is 0 Å². The lowest BCUT2D eigenvalue weighted by molar-refractivity contribution is 0.0889. The maximum absolute atomic E-state index is 4.21. The molecule has 1 aliphatic carbocycles. The second-order valence-corrected chi connectivity index (χ2v) is 7.84. The topological polar surface area (TPSA) is 0 Å². The molecule has 0 spiro atoms. The van der Waals surface area contributed by atoms with Crippen LogP contribution in [0.5, 0.6) is 0 Å². The minimum Gasteiger partial charge on any atom is -0.0999 e. The number of hydrogen-bond donors (Lipinski definition) is 0. The van der Waals surface area contributed by atoms with Gasteiger partial charge >= 0.3 is 0 Å². The first-order chi connectivity index (χ1) is 9.38. The minimum atomic E-state index is 0.663. The molecule has 0 radical (unpaired) electrons. The van der Waals surface area contributed by atoms with E-state index in [1.165, 1.54) is 44.1 Å². The van der Waals surface area contributed by atoms with Crippen molar-refractivity contribution in [3.05, 3.63) is 12.2 Å². The third-order valence-electron chi connectivity index (χ3n) is 6.27. The van der Waals surface area contributed by atoms with Crippen LogP contribution in [0.15, 0.2) is 12.2 Å². The zero-order valence-corrected chi connectivity index (χ0v) is 14.9. The van der Waals surface area contributed by atoms with Gasteiger partial charge in [0.1, 0.15) is 0 Å². The van der Waals surface area contributed by atoms with E-state index in [9.17, 15) is 0 Å². The first kappa shape index (κ1) is 17.8. The second-order valence-electron chi connectivity index (χ2n) is 7.84. The Labute approximate surface area is 128 Å². The van der Waals surface area contributed by atoms with E-state index in [0.29, 0.717) is 5.92 Å². The van der Waals surface area contributed by atoms with Gasteiger partial charge in [0.2, 0.25) is 0 Å². The summed E-state index contributed by atoms with van der Waals surface area (Å²) < 4.78 is 0. The Hall–Kier alpha value is -0.260. The van der Waals surface area contributed by atoms with Gasteiger partial charge in [0.25, 0.3) is 0 Å². The molecule has 0 amide bonds. The highest BCUT2D eigenvalue weighted by Crippen LogP contribution is 2.44. The van der Waals surface area contributed by atoms with E-state index in [2.05, 4.69) is 48.1 Å². The van der Waals surface area contributed by atoms with Gasteiger partial charge < -0.3 is 0 Å². The monoisotopic (exact) mass is 278 g/mol. The summed E-state index contributed by atoms with van der Waals surface area (Å²) in [5, 5.41) is 0. The van der Waals surface area contributed by atoms with Gasteiger partial charge in [-0.1, -0.05) is 78.9 Å². The Kier molecular flexibility index (Phi) is 7.34. The van der Waals surface area contributed by atoms with Crippen molar-refractivity contribution < 1.29 is 0 Å². The Morgan fingerprint density at radius 3 is 2.15 bits per heavy atom. The molecule has 0 aromatic heterocycles. The van der Waals surface area contributed by atoms with E-state index >= 15 is 0 Å². The zero-order valence-electron chi connectivity index (χ0n) is 14.9. The minimum absolute atomic E-state index is 0.663. The van der Waals surface area contributed by atoms with Crippen LogP contribution in [-0.4, -0.2) is 0 Å². The fourth-order valence-electron chi connectivity index (χ4n) is 4.12. The van der Waals surface area contributed by atoms with Gasteiger partial charge in [-0.15, -0.1) is 0 Å². The fourth-order valence-corrected chi connectivity index (χ4v) is 4.12. The molecule has 0 nitrogen and oxygen atoms in total. The Morgan fingerprint density at radius 1 is 1.15 bits per heavy atom. The van der Waals surface area contributed by atoms with Crippen molar-refractivity contribution >= 4 is 0 Å². The highest BCUT2D eigenvalue weighted by molar-refractivity contribution is 4.98. The maximum atomic E-state index is 4.21. The summed E-state index contributed by atoms with van der Waals surface area (Å²) in [5.74, 6) is 5.12. The SMILES string of the molecule is C=C(C)C(C)C(C)C(CC(C)CCC)C(C)C1CCC1. The van der Waals surface area contributed by atoms with Gasteiger partial charge in [-0.25, -0.2) is 0 Å². The predicted molar refractivity (Wildman–Crippen MR) is 91.8 cm³/mol. The predicted octanol–water partition coefficient (Wildman–Crippen LogP) is 6.71. The molecule has 118 valence electrons. The number of allylic oxidation sites excluding steroid dienone is 1. The lowest BCUT2D eigenvalue weighted by Crippen LogP contribution is -2.33. The smallest absolute Gasteiger partial charge is 0.0209 e. The summed E-state index contributed by atoms with van der Waals surface area (Å²) in [5.41, 5.74) is 1.37. The summed E-state index contributed by atoms with van der Waals surface area (Å²) in [6, 6.07) is 0. The average molecular weight is 279 g/mol. The third-order valence-corrected chi connectivity index (χ3v) is 6.27. The van der Waals surface area contributed by atoms with Gasteiger partial charge in [-0.2, -0.15) is 0 Å². The molecule has 1 aliphatic rings. The molecule has 1 saturated carbocycles. The summed E-state index contributed by atoms with van der Waals surface area (Å²) in [4.78, 5) is 0. The molecule has 5 unspecified atom stereocenters. The van der Waals surface area contributed by atoms with Crippen LogP contribution in [0.1, 0.15) is 80.1 Å². The van der Waals surface area contributed by atoms with Crippen molar-refractivity contribution in [2.45, 2.75) is 80.1 Å². The van der Waals surface area contributed by atoms with E-state index in [1.807, 2.05) is 0 Å². The van der Waals surface area contributed by atoms with Crippen LogP contribution in [-0.2, 0) is 0 Å². The van der Waals surface area contributed by atoms with Gasteiger partial charge in [-0.05, 0) is 48.9 Å². The van der Waals surface area contributed by atoms with E-state index in [1.54, 1.807) is 0 Å². The summed E-state index contributed by atoms with van der Waals surface area (Å²) in [6.45, 7) is 18.6. The molecular weight excluding hydrogens is 240 g/mol. The molecule has 5 atom stereocenters. The molecule has 0 aromatic rings. The first-order valence-corrected chi connectivity index (χ1v) is 9.03. The van der Waals surface area contributed by atoms with Crippen molar-refractivity contribution in [3.63, 3.8) is 0 Å². The maximum Gasteiger partial charge on any atom is -0.0209 e. The van der Waals surface area contributed by atoms with Gasteiger partial charge in [-0.3, -0.25) is 0 Å². The standard InChI is InChI=1S/C20H38/c1-8-10-15(4)13-20(17(6)16(5)14(2)3)18(7)19-11-9-12-19/h15-20H,2,8-13H2,1,3-7H3. The van der Waals surface area contributed by atoms with Crippen LogP contribution in [0.4, 0.5) is 0 Å². The summed E-state index contributed by atoms with van der Waals surface area (Å²) in [7, 11) is 0. The molecule has 0 heteroatoms. The van der Waals surface area contributed by atoms with Crippen molar-refractivity contribution in [1.82, 2.24) is 0 Å². The Bertz CT molecular complexity index is 286. The Balaban J connectivity index is 2.73. The van der Waals surface area contributed by atoms with Gasteiger partial charge in [0, 0.05) is 0 Å². The number of rotatable bonds is 9. The quantitative estimate of drug-likeness (QED) is 0.411. The lowest BCUT2D eigenvalue weighted by Gasteiger charge is -2.42. The van der Waals surface area contributed by atoms with Crippen molar-refractivity contribution in [2.75, 3.05) is 0 Å². The van der Waals surface area contributed by atoms with E-state index < -0.39 is 0 Å². The average Bonchev–Trinajstić information content (AvgIpc) is 2.32. The summed E-state index contributed by atoms with van der Waals surface area (Å²) in [6.07, 6.45) is 8.57. The normalized spacial score (nSPS) is 23.5. The van der Waals surface area contributed by atoms with E-state index in [-0.39, 0.29) is 0 Å². The largest absolute Gasteiger partial charge is 0.0999 e. The lowest BCUT2D eigenvalue weighted by atomic mass is 9.63. The molecule has 0 aromatic carbocycles. The summed E-state index contributed by atoms with van der Waals surface area (Å²) >= 11 is 0. The van der Waals surface area contributed by atoms with Crippen molar-refractivity contribution in [1.29, 1.82) is 0 Å². The molecule has 0 heterocycles. The number of hydrogen-bond acceptors (Lipinski definition) is 0. The van der Waals surface area contributed by atoms with E-state index in [0.717, 1.165) is 29.6 Å². The second kappa shape index (κ2) is 8.25. The van der Waals surface area contributed by atoms with Crippen LogP contribution < -0.4 is 0 Å². The molecule has 0 bridgehead atoms. The van der Waals surface area contributed by atoms with E-state index in [4.69, 9.17) is 0 Å². The van der Waals surface area contributed by atoms with Crippen molar-refractivity contribution in [2.24, 2.45) is 35.5 Å². The highest BCUT2D eigenvalue weighted by Gasteiger charge is 2.35. The molecule has 1 rings (SSSR count). The fraction of sp³-hybridized carbons (Fsp3) is 0.900. The van der Waals surface area contributed by atoms with Crippen LogP contribution in [0.25, 0.3) is 0 Å². The van der Waals surface area contributed by atoms with Crippen LogP contribution in [0.3, 0.4) is 0 Å². The molecule has 0 aliphatic heterocycles. The Morgan fingerprint density at radius 2 is 1.75 bits per heavy atom. The highest BCUT2D eigenvalue weighted by atomic mass is 14.4. The molecular formula is C20H38. The van der Waals surface area contributed by atoms with Crippen LogP contribution >= 0.6 is 0 Å². The molecule has 1 fully saturated rings. The molecule has 0 N–H and O–H groups in total. The van der Waals surface area contributed by atoms with Crippen molar-refractivity contribution in [3.8, 4) is 0 Å². The third kappa shape index (κ3) is 4.64.